The number of fused-ring (bicyclic) bond motifs is 6. The number of Topliss-reactive ketones (excluding diaryl/α,β-unsaturated/α-hetero) is 1. The van der Waals surface area contributed by atoms with E-state index in [9.17, 15) is 20.1 Å². The fourth-order valence-electron chi connectivity index (χ4n) is 9.34. The summed E-state index contributed by atoms with van der Waals surface area (Å²) in [6, 6.07) is 8.56. The van der Waals surface area contributed by atoms with Crippen LogP contribution in [0.3, 0.4) is 0 Å². The van der Waals surface area contributed by atoms with Crippen molar-refractivity contribution in [2.75, 3.05) is 6.61 Å². The molecule has 4 aliphatic carbocycles. The van der Waals surface area contributed by atoms with Crippen LogP contribution in [0.5, 0.6) is 0 Å². The Morgan fingerprint density at radius 3 is 2.54 bits per heavy atom. The van der Waals surface area contributed by atoms with E-state index in [-0.39, 0.29) is 12.3 Å². The Labute approximate surface area is 229 Å². The third kappa shape index (κ3) is 3.36. The Morgan fingerprint density at radius 1 is 1.18 bits per heavy atom. The average Bonchev–Trinajstić information content (AvgIpc) is 3.38. The fraction of sp³-hybridized carbons (Fsp3) is 0.625. The van der Waals surface area contributed by atoms with E-state index in [1.807, 2.05) is 31.6 Å². The van der Waals surface area contributed by atoms with E-state index in [0.29, 0.717) is 32.2 Å². The normalized spacial score (nSPS) is 40.8. The smallest absolute Gasteiger partial charge is 0.190 e. The van der Waals surface area contributed by atoms with Gasteiger partial charge in [-0.1, -0.05) is 57.5 Å². The van der Waals surface area contributed by atoms with Gasteiger partial charge >= 0.3 is 0 Å². The number of allylic oxidation sites excluding steroid dienone is 1. The lowest BCUT2D eigenvalue weighted by Crippen LogP contribution is -2.70. The summed E-state index contributed by atoms with van der Waals surface area (Å²) >= 11 is 0. The van der Waals surface area contributed by atoms with Crippen LogP contribution in [0.4, 0.5) is 4.39 Å². The molecule has 6 rings (SSSR count). The van der Waals surface area contributed by atoms with Crippen LogP contribution in [-0.4, -0.2) is 54.9 Å². The number of carbonyl (C=O) groups excluding carboxylic acids is 1. The number of alkyl halides is 1. The van der Waals surface area contributed by atoms with E-state index in [1.165, 1.54) is 5.56 Å². The molecule has 7 heteroatoms. The van der Waals surface area contributed by atoms with Gasteiger partial charge in [0.15, 0.2) is 5.78 Å². The van der Waals surface area contributed by atoms with Crippen molar-refractivity contribution in [3.8, 4) is 0 Å². The SMILES string of the molecule is CCc1ccc(Cn2ncc3c2C=C2CC[C@H]4[C@@H]5C[C@@H](C)[C@](O)(C(=O)CO)[C@@]5(C)C[C@H](O)[C@]4(F)[C@@]2(C)C3)cc1. The molecule has 0 saturated heterocycles. The van der Waals surface area contributed by atoms with Gasteiger partial charge in [0.05, 0.1) is 24.5 Å². The van der Waals surface area contributed by atoms with Crippen molar-refractivity contribution in [2.24, 2.45) is 28.6 Å². The van der Waals surface area contributed by atoms with Crippen LogP contribution in [-0.2, 0) is 24.2 Å². The summed E-state index contributed by atoms with van der Waals surface area (Å²) in [5.74, 6) is -1.81. The number of rotatable bonds is 5. The number of nitrogens with zero attached hydrogens (tertiary/aromatic N) is 2. The number of ketones is 1. The lowest BCUT2D eigenvalue weighted by atomic mass is 9.43. The summed E-state index contributed by atoms with van der Waals surface area (Å²) < 4.78 is 19.8. The van der Waals surface area contributed by atoms with E-state index in [1.54, 1.807) is 0 Å². The molecule has 0 bridgehead atoms. The largest absolute Gasteiger partial charge is 0.390 e. The number of halogens is 1. The van der Waals surface area contributed by atoms with Gasteiger partial charge in [0.1, 0.15) is 17.9 Å². The first kappa shape index (κ1) is 26.9. The second-order valence-electron chi connectivity index (χ2n) is 13.2. The zero-order chi connectivity index (χ0) is 28.0. The predicted molar refractivity (Wildman–Crippen MR) is 147 cm³/mol. The molecule has 6 nitrogen and oxygen atoms in total. The molecule has 2 aromatic rings. The molecule has 0 aliphatic heterocycles. The molecule has 1 aromatic heterocycles. The van der Waals surface area contributed by atoms with Gasteiger partial charge in [-0.3, -0.25) is 9.48 Å². The molecule has 3 N–H and O–H groups in total. The van der Waals surface area contributed by atoms with Gasteiger partial charge in [0.25, 0.3) is 0 Å². The molecule has 1 heterocycles. The number of carbonyl (C=O) groups is 1. The van der Waals surface area contributed by atoms with Crippen LogP contribution in [0.1, 0.15) is 75.8 Å². The molecule has 8 atom stereocenters. The highest BCUT2D eigenvalue weighted by Gasteiger charge is 2.75. The topological polar surface area (TPSA) is 95.6 Å². The van der Waals surface area contributed by atoms with E-state index in [4.69, 9.17) is 0 Å². The van der Waals surface area contributed by atoms with Crippen molar-refractivity contribution >= 4 is 11.9 Å². The molecular weight excluding hydrogens is 495 g/mol. The molecular formula is C32H41FN2O4. The van der Waals surface area contributed by atoms with Gasteiger partial charge in [-0.15, -0.1) is 0 Å². The third-order valence-corrected chi connectivity index (χ3v) is 11.6. The molecule has 0 spiro atoms. The number of benzene rings is 1. The minimum Gasteiger partial charge on any atom is -0.390 e. The maximum absolute atomic E-state index is 17.8. The number of aryl methyl sites for hydroxylation is 1. The summed E-state index contributed by atoms with van der Waals surface area (Å²) in [5, 5.41) is 37.7. The van der Waals surface area contributed by atoms with Crippen LogP contribution in [0, 0.1) is 28.6 Å². The molecule has 1 aromatic carbocycles. The quantitative estimate of drug-likeness (QED) is 0.530. The van der Waals surface area contributed by atoms with Crippen molar-refractivity contribution in [1.82, 2.24) is 9.78 Å². The van der Waals surface area contributed by atoms with Crippen LogP contribution < -0.4 is 0 Å². The molecule has 4 aliphatic rings. The van der Waals surface area contributed by atoms with E-state index >= 15 is 4.39 Å². The first-order valence-corrected chi connectivity index (χ1v) is 14.5. The van der Waals surface area contributed by atoms with Crippen LogP contribution >= 0.6 is 0 Å². The van der Waals surface area contributed by atoms with Gasteiger partial charge in [-0.2, -0.15) is 5.10 Å². The summed E-state index contributed by atoms with van der Waals surface area (Å²) in [6.07, 6.45) is 5.79. The van der Waals surface area contributed by atoms with Crippen molar-refractivity contribution < 1.29 is 24.5 Å². The fourth-order valence-corrected chi connectivity index (χ4v) is 9.34. The van der Waals surface area contributed by atoms with Crippen molar-refractivity contribution in [1.29, 1.82) is 0 Å². The third-order valence-electron chi connectivity index (χ3n) is 11.6. The molecule has 3 fully saturated rings. The average molecular weight is 537 g/mol. The highest BCUT2D eigenvalue weighted by molar-refractivity contribution is 5.90. The Morgan fingerprint density at radius 2 is 1.87 bits per heavy atom. The minimum atomic E-state index is -1.90. The minimum absolute atomic E-state index is 0.0139. The first-order chi connectivity index (χ1) is 18.4. The molecule has 0 unspecified atom stereocenters. The van der Waals surface area contributed by atoms with Crippen LogP contribution in [0.2, 0.25) is 0 Å². The highest BCUT2D eigenvalue weighted by atomic mass is 19.1. The Balaban J connectivity index is 1.35. The molecule has 3 saturated carbocycles. The summed E-state index contributed by atoms with van der Waals surface area (Å²) in [5.41, 5.74) is -0.126. The van der Waals surface area contributed by atoms with Gasteiger partial charge in [-0.05, 0) is 73.1 Å². The number of aliphatic hydroxyl groups excluding tert-OH is 2. The molecule has 0 amide bonds. The Hall–Kier alpha value is -2.35. The maximum Gasteiger partial charge on any atom is 0.190 e. The summed E-state index contributed by atoms with van der Waals surface area (Å²) in [6.45, 7) is 7.61. The van der Waals surface area contributed by atoms with Crippen LogP contribution in [0.25, 0.3) is 6.08 Å². The van der Waals surface area contributed by atoms with Gasteiger partial charge in [0, 0.05) is 16.7 Å². The van der Waals surface area contributed by atoms with Gasteiger partial charge < -0.3 is 15.3 Å². The highest BCUT2D eigenvalue weighted by Crippen LogP contribution is 2.71. The number of hydrogen-bond donors (Lipinski definition) is 3. The van der Waals surface area contributed by atoms with Crippen LogP contribution in [0.15, 0.2) is 36.0 Å². The summed E-state index contributed by atoms with van der Waals surface area (Å²) in [7, 11) is 0. The van der Waals surface area contributed by atoms with E-state index in [0.717, 1.165) is 28.8 Å². The standard InChI is InChI=1S/C32H41FN2O4/c1-5-20-6-8-21(9-7-20)17-35-26-13-23-10-11-24-25-12-19(2)32(39,28(38)18-36)30(25,4)15-27(37)31(24,33)29(23,3)14-22(26)16-34-35/h6-9,13,16,19,24-25,27,36-37,39H,5,10-12,14-15,17-18H2,1-4H3/t19-,24+,25+,27+,29+,30+,31+,32+/m1/s1. The lowest BCUT2D eigenvalue weighted by Gasteiger charge is -2.63. The van der Waals surface area contributed by atoms with Gasteiger partial charge in [-0.25, -0.2) is 4.39 Å². The van der Waals surface area contributed by atoms with Crippen molar-refractivity contribution in [3.05, 3.63) is 58.4 Å². The Bertz CT molecular complexity index is 1340. The van der Waals surface area contributed by atoms with Crippen molar-refractivity contribution in [2.45, 2.75) is 90.1 Å². The number of hydrogen-bond acceptors (Lipinski definition) is 5. The summed E-state index contributed by atoms with van der Waals surface area (Å²) in [4.78, 5) is 12.9. The molecule has 0 radical (unpaired) electrons. The zero-order valence-electron chi connectivity index (χ0n) is 23.5. The number of aliphatic hydroxyl groups is 3. The predicted octanol–water partition coefficient (Wildman–Crippen LogP) is 4.28. The molecule has 210 valence electrons. The monoisotopic (exact) mass is 536 g/mol. The zero-order valence-corrected chi connectivity index (χ0v) is 23.5. The van der Waals surface area contributed by atoms with E-state index in [2.05, 4.69) is 42.4 Å². The number of aromatic nitrogens is 2. The Kier molecular flexibility index (Phi) is 6.07. The van der Waals surface area contributed by atoms with Gasteiger partial charge in [0.2, 0.25) is 0 Å². The molecule has 39 heavy (non-hydrogen) atoms. The second-order valence-corrected chi connectivity index (χ2v) is 13.2. The first-order valence-electron chi connectivity index (χ1n) is 14.5. The maximum atomic E-state index is 17.8. The second kappa shape index (κ2) is 8.82. The van der Waals surface area contributed by atoms with Crippen molar-refractivity contribution in [3.63, 3.8) is 0 Å². The lowest BCUT2D eigenvalue weighted by molar-refractivity contribution is -0.226. The van der Waals surface area contributed by atoms with E-state index < -0.39 is 52.4 Å².